The van der Waals surface area contributed by atoms with Crippen molar-refractivity contribution in [3.63, 3.8) is 0 Å². The maximum Gasteiger partial charge on any atom is 0.254 e. The van der Waals surface area contributed by atoms with Crippen molar-refractivity contribution in [2.45, 2.75) is 38.3 Å². The fourth-order valence-corrected chi connectivity index (χ4v) is 5.33. The number of carbonyl (C=O) groups is 2. The fraction of sp³-hybridized carbons (Fsp3) is 0.310. The van der Waals surface area contributed by atoms with E-state index in [0.29, 0.717) is 36.6 Å². The minimum atomic E-state index is -0.532. The maximum atomic E-state index is 13.8. The minimum absolute atomic E-state index is 0.0368. The third-order valence-corrected chi connectivity index (χ3v) is 7.21. The molecule has 3 aromatic carbocycles. The van der Waals surface area contributed by atoms with E-state index in [1.54, 1.807) is 14.2 Å². The molecule has 0 aromatic heterocycles. The monoisotopic (exact) mass is 470 g/mol. The lowest BCUT2D eigenvalue weighted by atomic mass is 9.75. The van der Waals surface area contributed by atoms with Gasteiger partial charge in [0.05, 0.1) is 26.2 Å². The van der Waals surface area contributed by atoms with Gasteiger partial charge >= 0.3 is 0 Å². The number of methoxy groups -OCH3 is 2. The topological polar surface area (TPSA) is 67.9 Å². The molecule has 0 radical (unpaired) electrons. The molecule has 0 fully saturated rings. The molecule has 0 unspecified atom stereocenters. The number of rotatable bonds is 6. The van der Waals surface area contributed by atoms with E-state index in [0.717, 1.165) is 28.7 Å². The number of hydrogen-bond donors (Lipinski definition) is 1. The third-order valence-electron chi connectivity index (χ3n) is 7.21. The third kappa shape index (κ3) is 4.03. The molecule has 6 heteroatoms. The second kappa shape index (κ2) is 9.45. The first kappa shape index (κ1) is 23.0. The van der Waals surface area contributed by atoms with Crippen LogP contribution in [-0.4, -0.2) is 37.5 Å². The zero-order valence-electron chi connectivity index (χ0n) is 20.3. The van der Waals surface area contributed by atoms with Crippen LogP contribution in [0.5, 0.6) is 11.5 Å². The highest BCUT2D eigenvalue weighted by atomic mass is 16.5. The molecule has 0 aliphatic carbocycles. The van der Waals surface area contributed by atoms with Gasteiger partial charge in [-0.3, -0.25) is 9.59 Å². The van der Waals surface area contributed by atoms with E-state index in [9.17, 15) is 9.59 Å². The Hall–Kier alpha value is -3.80. The second-order valence-electron chi connectivity index (χ2n) is 9.05. The predicted molar refractivity (Wildman–Crippen MR) is 134 cm³/mol. The van der Waals surface area contributed by atoms with E-state index < -0.39 is 12.0 Å². The molecule has 5 rings (SSSR count). The Balaban J connectivity index is 1.55. The highest BCUT2D eigenvalue weighted by Crippen LogP contribution is 2.48. The Morgan fingerprint density at radius 2 is 1.66 bits per heavy atom. The molecular weight excluding hydrogens is 440 g/mol. The summed E-state index contributed by atoms with van der Waals surface area (Å²) in [6.07, 6.45) is 1.67. The van der Waals surface area contributed by atoms with Gasteiger partial charge in [0.1, 0.15) is 0 Å². The predicted octanol–water partition coefficient (Wildman–Crippen LogP) is 4.42. The number of aryl methyl sites for hydroxylation is 1. The number of ether oxygens (including phenoxy) is 2. The summed E-state index contributed by atoms with van der Waals surface area (Å²) in [7, 11) is 3.21. The molecule has 2 heterocycles. The number of carbonyl (C=O) groups excluding carboxylic acids is 2. The molecule has 3 aromatic rings. The highest BCUT2D eigenvalue weighted by Gasteiger charge is 2.46. The first-order valence-corrected chi connectivity index (χ1v) is 12.1. The quantitative estimate of drug-likeness (QED) is 0.579. The van der Waals surface area contributed by atoms with E-state index in [2.05, 4.69) is 36.5 Å². The van der Waals surface area contributed by atoms with Crippen LogP contribution >= 0.6 is 0 Å². The number of amides is 2. The maximum absolute atomic E-state index is 13.8. The minimum Gasteiger partial charge on any atom is -0.493 e. The van der Waals surface area contributed by atoms with E-state index in [1.165, 1.54) is 5.56 Å². The van der Waals surface area contributed by atoms with Crippen LogP contribution in [0, 0.1) is 0 Å². The van der Waals surface area contributed by atoms with Crippen molar-refractivity contribution in [3.8, 4) is 11.5 Å². The average molecular weight is 471 g/mol. The number of nitrogens with one attached hydrogen (secondary N) is 1. The zero-order valence-corrected chi connectivity index (χ0v) is 20.3. The van der Waals surface area contributed by atoms with Crippen LogP contribution in [0.4, 0.5) is 0 Å². The fourth-order valence-electron chi connectivity index (χ4n) is 5.33. The first-order chi connectivity index (χ1) is 17.0. The molecule has 0 saturated carbocycles. The Kier molecular flexibility index (Phi) is 6.20. The van der Waals surface area contributed by atoms with E-state index in [4.69, 9.17) is 9.47 Å². The van der Waals surface area contributed by atoms with Gasteiger partial charge in [-0.25, -0.2) is 0 Å². The van der Waals surface area contributed by atoms with Crippen LogP contribution in [0.15, 0.2) is 60.7 Å². The van der Waals surface area contributed by atoms with Gasteiger partial charge in [-0.15, -0.1) is 0 Å². The van der Waals surface area contributed by atoms with Gasteiger partial charge in [-0.2, -0.15) is 0 Å². The molecule has 0 saturated heterocycles. The summed E-state index contributed by atoms with van der Waals surface area (Å²) >= 11 is 0. The van der Waals surface area contributed by atoms with Crippen LogP contribution in [0.3, 0.4) is 0 Å². The van der Waals surface area contributed by atoms with Crippen molar-refractivity contribution in [3.05, 3.63) is 94.0 Å². The lowest BCUT2D eigenvalue weighted by molar-refractivity contribution is -0.124. The molecule has 180 valence electrons. The SMILES string of the molecule is CCc1ccc(CNC(=O)[C@H]2c3ccccc3C(=O)N3CCc4cc(OC)c(OC)cc4[C@H]23)cc1. The van der Waals surface area contributed by atoms with Crippen molar-refractivity contribution in [2.24, 2.45) is 0 Å². The van der Waals surface area contributed by atoms with Gasteiger partial charge in [0, 0.05) is 18.7 Å². The number of fused-ring (bicyclic) bond motifs is 4. The number of nitrogens with zero attached hydrogens (tertiary/aromatic N) is 1. The smallest absolute Gasteiger partial charge is 0.254 e. The number of benzene rings is 3. The number of hydrogen-bond acceptors (Lipinski definition) is 4. The summed E-state index contributed by atoms with van der Waals surface area (Å²) in [5.41, 5.74) is 5.68. The summed E-state index contributed by atoms with van der Waals surface area (Å²) in [4.78, 5) is 29.1. The van der Waals surface area contributed by atoms with Crippen molar-refractivity contribution in [1.82, 2.24) is 10.2 Å². The Morgan fingerprint density at radius 1 is 0.971 bits per heavy atom. The molecule has 2 aliphatic rings. The summed E-state index contributed by atoms with van der Waals surface area (Å²) in [6.45, 7) is 3.10. The molecule has 1 N–H and O–H groups in total. The van der Waals surface area contributed by atoms with E-state index in [-0.39, 0.29) is 11.8 Å². The van der Waals surface area contributed by atoms with Gasteiger partial charge in [0.2, 0.25) is 5.91 Å². The molecule has 2 amide bonds. The zero-order chi connectivity index (χ0) is 24.5. The van der Waals surface area contributed by atoms with Gasteiger partial charge in [-0.1, -0.05) is 49.4 Å². The summed E-state index contributed by atoms with van der Waals surface area (Å²) in [6, 6.07) is 19.2. The lowest BCUT2D eigenvalue weighted by Crippen LogP contribution is -2.50. The Morgan fingerprint density at radius 3 is 2.37 bits per heavy atom. The molecular formula is C29H30N2O4. The van der Waals surface area contributed by atoms with Crippen LogP contribution < -0.4 is 14.8 Å². The summed E-state index contributed by atoms with van der Waals surface area (Å²) in [5.74, 6) is 0.580. The Bertz CT molecular complexity index is 1270. The molecule has 0 spiro atoms. The van der Waals surface area contributed by atoms with Gasteiger partial charge in [-0.05, 0) is 58.9 Å². The van der Waals surface area contributed by atoms with Gasteiger partial charge in [0.25, 0.3) is 5.91 Å². The first-order valence-electron chi connectivity index (χ1n) is 12.1. The van der Waals surface area contributed by atoms with Crippen molar-refractivity contribution < 1.29 is 19.1 Å². The van der Waals surface area contributed by atoms with Gasteiger partial charge < -0.3 is 19.7 Å². The molecule has 2 aliphatic heterocycles. The summed E-state index contributed by atoms with van der Waals surface area (Å²) < 4.78 is 11.1. The molecule has 2 atom stereocenters. The average Bonchev–Trinajstić information content (AvgIpc) is 2.91. The largest absolute Gasteiger partial charge is 0.493 e. The van der Waals surface area contributed by atoms with Crippen molar-refractivity contribution in [1.29, 1.82) is 0 Å². The highest BCUT2D eigenvalue weighted by molar-refractivity contribution is 6.01. The normalized spacial score (nSPS) is 18.3. The Labute approximate surface area is 205 Å². The van der Waals surface area contributed by atoms with Crippen LogP contribution in [0.1, 0.15) is 57.1 Å². The summed E-state index contributed by atoms with van der Waals surface area (Å²) in [5, 5.41) is 3.14. The van der Waals surface area contributed by atoms with Crippen molar-refractivity contribution in [2.75, 3.05) is 20.8 Å². The van der Waals surface area contributed by atoms with Crippen LogP contribution in [0.25, 0.3) is 0 Å². The van der Waals surface area contributed by atoms with E-state index >= 15 is 0 Å². The van der Waals surface area contributed by atoms with Gasteiger partial charge in [0.15, 0.2) is 11.5 Å². The standard InChI is InChI=1S/C29H30N2O4/c1-4-18-9-11-19(12-10-18)17-30-28(32)26-21-7-5-6-8-22(21)29(33)31-14-13-20-15-24(34-2)25(35-3)16-23(20)27(26)31/h5-12,15-16,26-27H,4,13-14,17H2,1-3H3,(H,30,32)/t26-,27+/m0/s1. The van der Waals surface area contributed by atoms with E-state index in [1.807, 2.05) is 41.3 Å². The lowest BCUT2D eigenvalue weighted by Gasteiger charge is -2.45. The molecule has 6 nitrogen and oxygen atoms in total. The van der Waals surface area contributed by atoms with Crippen molar-refractivity contribution >= 4 is 11.8 Å². The second-order valence-corrected chi connectivity index (χ2v) is 9.05. The van der Waals surface area contributed by atoms with Crippen LogP contribution in [-0.2, 0) is 24.2 Å². The molecule has 0 bridgehead atoms. The van der Waals surface area contributed by atoms with Crippen LogP contribution in [0.2, 0.25) is 0 Å². The molecule has 35 heavy (non-hydrogen) atoms.